The van der Waals surface area contributed by atoms with Crippen LogP contribution in [-0.4, -0.2) is 10.1 Å². The molecule has 0 fully saturated rings. The molecule has 18 heavy (non-hydrogen) atoms. The van der Waals surface area contributed by atoms with Crippen molar-refractivity contribution in [1.29, 1.82) is 0 Å². The molecule has 2 rings (SSSR count). The number of benzene rings is 1. The van der Waals surface area contributed by atoms with Gasteiger partial charge in [-0.1, -0.05) is 6.07 Å². The van der Waals surface area contributed by atoms with Gasteiger partial charge in [0, 0.05) is 18.0 Å². The third-order valence-electron chi connectivity index (χ3n) is 2.63. The zero-order valence-electron chi connectivity index (χ0n) is 9.49. The summed E-state index contributed by atoms with van der Waals surface area (Å²) in [5, 5.41) is 9.28. The van der Waals surface area contributed by atoms with E-state index >= 15 is 0 Å². The highest BCUT2D eigenvalue weighted by Crippen LogP contribution is 2.37. The molecule has 0 bridgehead atoms. The van der Waals surface area contributed by atoms with E-state index in [4.69, 9.17) is 0 Å². The van der Waals surface area contributed by atoms with Crippen molar-refractivity contribution in [2.45, 2.75) is 13.1 Å². The monoisotopic (exact) mass is 253 g/mol. The van der Waals surface area contributed by atoms with Crippen molar-refractivity contribution in [2.75, 3.05) is 0 Å². The number of phenols is 1. The number of aromatic hydroxyl groups is 1. The quantitative estimate of drug-likeness (QED) is 0.838. The van der Waals surface area contributed by atoms with Crippen molar-refractivity contribution in [3.05, 3.63) is 47.8 Å². The molecule has 1 aromatic heterocycles. The first-order valence-corrected chi connectivity index (χ1v) is 5.21. The second kappa shape index (κ2) is 4.33. The Balaban J connectivity index is 2.64. The fraction of sp³-hybridized carbons (Fsp3) is 0.154. The molecule has 0 aliphatic rings. The van der Waals surface area contributed by atoms with E-state index < -0.39 is 11.7 Å². The Hall–Kier alpha value is -2.04. The number of hydrogen-bond acceptors (Lipinski definition) is 2. The maximum atomic E-state index is 12.9. The molecular weight excluding hydrogens is 243 g/mol. The maximum absolute atomic E-state index is 12.9. The third kappa shape index (κ3) is 2.30. The summed E-state index contributed by atoms with van der Waals surface area (Å²) in [6, 6.07) is 5.18. The number of rotatable bonds is 1. The zero-order chi connectivity index (χ0) is 13.3. The molecule has 1 aromatic carbocycles. The first kappa shape index (κ1) is 12.4. The van der Waals surface area contributed by atoms with Crippen LogP contribution in [0.5, 0.6) is 5.75 Å². The molecular formula is C13H10F3NO. The van der Waals surface area contributed by atoms with E-state index in [2.05, 4.69) is 4.98 Å². The zero-order valence-corrected chi connectivity index (χ0v) is 9.49. The van der Waals surface area contributed by atoms with Crippen LogP contribution in [0.2, 0.25) is 0 Å². The van der Waals surface area contributed by atoms with E-state index in [1.54, 1.807) is 6.92 Å². The van der Waals surface area contributed by atoms with Gasteiger partial charge in [0.2, 0.25) is 0 Å². The number of aromatic nitrogens is 1. The molecule has 0 aliphatic heterocycles. The lowest BCUT2D eigenvalue weighted by Crippen LogP contribution is -2.07. The van der Waals surface area contributed by atoms with Gasteiger partial charge < -0.3 is 5.11 Å². The van der Waals surface area contributed by atoms with Crippen molar-refractivity contribution in [2.24, 2.45) is 0 Å². The third-order valence-corrected chi connectivity index (χ3v) is 2.63. The van der Waals surface area contributed by atoms with Gasteiger partial charge in [-0.3, -0.25) is 4.98 Å². The van der Waals surface area contributed by atoms with E-state index in [-0.39, 0.29) is 11.3 Å². The van der Waals surface area contributed by atoms with Crippen LogP contribution in [0.3, 0.4) is 0 Å². The van der Waals surface area contributed by atoms with Gasteiger partial charge in [-0.15, -0.1) is 0 Å². The predicted octanol–water partition coefficient (Wildman–Crippen LogP) is 3.78. The lowest BCUT2D eigenvalue weighted by molar-refractivity contribution is -0.137. The Morgan fingerprint density at radius 2 is 1.83 bits per heavy atom. The van der Waals surface area contributed by atoms with Gasteiger partial charge in [0.05, 0.1) is 5.56 Å². The Labute approximate surface area is 102 Å². The van der Waals surface area contributed by atoms with Crippen LogP contribution in [0.25, 0.3) is 11.1 Å². The normalized spacial score (nSPS) is 11.6. The van der Waals surface area contributed by atoms with Crippen LogP contribution < -0.4 is 0 Å². The van der Waals surface area contributed by atoms with Gasteiger partial charge >= 0.3 is 6.18 Å². The molecule has 0 saturated carbocycles. The summed E-state index contributed by atoms with van der Waals surface area (Å²) < 4.78 is 38.6. The van der Waals surface area contributed by atoms with Crippen LogP contribution in [0.15, 0.2) is 36.7 Å². The van der Waals surface area contributed by atoms with Crippen LogP contribution in [0.1, 0.15) is 11.1 Å². The van der Waals surface area contributed by atoms with Crippen molar-refractivity contribution in [3.8, 4) is 16.9 Å². The Kier molecular flexibility index (Phi) is 2.98. The number of halogens is 3. The highest BCUT2D eigenvalue weighted by molar-refractivity contribution is 5.71. The number of alkyl halides is 3. The molecule has 94 valence electrons. The first-order chi connectivity index (χ1) is 8.39. The van der Waals surface area contributed by atoms with Crippen LogP contribution in [0, 0.1) is 6.92 Å². The number of nitrogens with zero attached hydrogens (tertiary/aromatic N) is 1. The highest BCUT2D eigenvalue weighted by Gasteiger charge is 2.33. The predicted molar refractivity (Wildman–Crippen MR) is 61.1 cm³/mol. The second-order valence-electron chi connectivity index (χ2n) is 3.92. The Morgan fingerprint density at radius 3 is 2.44 bits per heavy atom. The minimum Gasteiger partial charge on any atom is -0.508 e. The number of pyridine rings is 1. The van der Waals surface area contributed by atoms with Gasteiger partial charge in [-0.2, -0.15) is 13.2 Å². The van der Waals surface area contributed by atoms with E-state index in [0.717, 1.165) is 12.3 Å². The van der Waals surface area contributed by atoms with Crippen molar-refractivity contribution >= 4 is 0 Å². The van der Waals surface area contributed by atoms with Crippen LogP contribution >= 0.6 is 0 Å². The largest absolute Gasteiger partial charge is 0.508 e. The van der Waals surface area contributed by atoms with Crippen LogP contribution in [0.4, 0.5) is 13.2 Å². The van der Waals surface area contributed by atoms with Crippen molar-refractivity contribution in [3.63, 3.8) is 0 Å². The lowest BCUT2D eigenvalue weighted by atomic mass is 9.97. The average molecular weight is 253 g/mol. The first-order valence-electron chi connectivity index (χ1n) is 5.21. The highest BCUT2D eigenvalue weighted by atomic mass is 19.4. The summed E-state index contributed by atoms with van der Waals surface area (Å²) in [4.78, 5) is 3.74. The number of phenolic OH excluding ortho intramolecular Hbond substituents is 1. The topological polar surface area (TPSA) is 33.1 Å². The summed E-state index contributed by atoms with van der Waals surface area (Å²) in [7, 11) is 0. The molecule has 2 nitrogen and oxygen atoms in total. The molecule has 1 heterocycles. The van der Waals surface area contributed by atoms with E-state index in [1.165, 1.54) is 24.4 Å². The maximum Gasteiger partial charge on any atom is 0.417 e. The minimum atomic E-state index is -4.43. The summed E-state index contributed by atoms with van der Waals surface area (Å²) in [6.07, 6.45) is -2.13. The summed E-state index contributed by atoms with van der Waals surface area (Å²) in [5.41, 5.74) is 0.260. The molecule has 0 aliphatic carbocycles. The molecule has 0 spiro atoms. The lowest BCUT2D eigenvalue weighted by Gasteiger charge is -2.14. The summed E-state index contributed by atoms with van der Waals surface area (Å²) >= 11 is 0. The van der Waals surface area contributed by atoms with Gasteiger partial charge in [-0.25, -0.2) is 0 Å². The molecule has 0 radical (unpaired) electrons. The fourth-order valence-corrected chi connectivity index (χ4v) is 1.81. The molecule has 5 heteroatoms. The van der Waals surface area contributed by atoms with Gasteiger partial charge in [0.1, 0.15) is 5.75 Å². The summed E-state index contributed by atoms with van der Waals surface area (Å²) in [6.45, 7) is 1.64. The minimum absolute atomic E-state index is 0.0162. The Morgan fingerprint density at radius 1 is 1.11 bits per heavy atom. The SMILES string of the molecule is Cc1cc(O)ccc1-c1cnccc1C(F)(F)F. The Bertz CT molecular complexity index is 579. The van der Waals surface area contributed by atoms with Gasteiger partial charge in [0.15, 0.2) is 0 Å². The van der Waals surface area contributed by atoms with E-state index in [9.17, 15) is 18.3 Å². The van der Waals surface area contributed by atoms with Gasteiger partial charge in [-0.05, 0) is 36.2 Å². The van der Waals surface area contributed by atoms with Crippen molar-refractivity contribution in [1.82, 2.24) is 4.98 Å². The van der Waals surface area contributed by atoms with Crippen molar-refractivity contribution < 1.29 is 18.3 Å². The number of hydrogen-bond donors (Lipinski definition) is 1. The van der Waals surface area contributed by atoms with Crippen LogP contribution in [-0.2, 0) is 6.18 Å². The fourth-order valence-electron chi connectivity index (χ4n) is 1.81. The number of aryl methyl sites for hydroxylation is 1. The smallest absolute Gasteiger partial charge is 0.417 e. The molecule has 0 atom stereocenters. The standard InChI is InChI=1S/C13H10F3NO/c1-8-6-9(18)2-3-10(8)11-7-17-5-4-12(11)13(14,15)16/h2-7,18H,1H3. The average Bonchev–Trinajstić information content (AvgIpc) is 2.28. The summed E-state index contributed by atoms with van der Waals surface area (Å²) in [5.74, 6) is 0.0219. The van der Waals surface area contributed by atoms with E-state index in [1.807, 2.05) is 0 Å². The van der Waals surface area contributed by atoms with E-state index in [0.29, 0.717) is 11.1 Å². The molecule has 0 amide bonds. The molecule has 0 saturated heterocycles. The molecule has 2 aromatic rings. The molecule has 1 N–H and O–H groups in total. The van der Waals surface area contributed by atoms with Gasteiger partial charge in [0.25, 0.3) is 0 Å². The second-order valence-corrected chi connectivity index (χ2v) is 3.92. The molecule has 0 unspecified atom stereocenters.